The van der Waals surface area contributed by atoms with Gasteiger partial charge in [-0.25, -0.2) is 0 Å². The molecule has 0 bridgehead atoms. The predicted octanol–water partition coefficient (Wildman–Crippen LogP) is 4.87. The molecule has 0 N–H and O–H groups in total. The Labute approximate surface area is 118 Å². The summed E-state index contributed by atoms with van der Waals surface area (Å²) in [6.45, 7) is 2.12. The molecule has 1 unspecified atom stereocenters. The molecule has 0 radical (unpaired) electrons. The second kappa shape index (κ2) is 4.17. The molecule has 1 nitrogen and oxygen atoms in total. The number of benzene rings is 2. The van der Waals surface area contributed by atoms with Crippen molar-refractivity contribution in [2.24, 2.45) is 0 Å². The van der Waals surface area contributed by atoms with Crippen molar-refractivity contribution < 1.29 is 4.79 Å². The summed E-state index contributed by atoms with van der Waals surface area (Å²) in [6.07, 6.45) is 8.48. The van der Waals surface area contributed by atoms with Crippen molar-refractivity contribution in [2.45, 2.75) is 25.7 Å². The van der Waals surface area contributed by atoms with Crippen LogP contribution in [0.15, 0.2) is 48.1 Å². The Morgan fingerprint density at radius 3 is 2.90 bits per heavy atom. The lowest BCUT2D eigenvalue weighted by Crippen LogP contribution is -2.17. The highest BCUT2D eigenvalue weighted by atomic mass is 16.1. The van der Waals surface area contributed by atoms with Crippen molar-refractivity contribution in [1.82, 2.24) is 0 Å². The number of allylic oxidation sites excluding steroid dienone is 3. The van der Waals surface area contributed by atoms with Crippen LogP contribution in [0, 0.1) is 0 Å². The minimum atomic E-state index is 0.227. The average Bonchev–Trinajstić information content (AvgIpc) is 2.48. The van der Waals surface area contributed by atoms with Gasteiger partial charge in [-0.05, 0) is 33.9 Å². The summed E-state index contributed by atoms with van der Waals surface area (Å²) in [5.41, 5.74) is 4.33. The Hall–Kier alpha value is -2.15. The molecule has 98 valence electrons. The summed E-state index contributed by atoms with van der Waals surface area (Å²) >= 11 is 0. The Morgan fingerprint density at radius 1 is 1.15 bits per heavy atom. The summed E-state index contributed by atoms with van der Waals surface area (Å²) in [5.74, 6) is 0.493. The first-order valence-electron chi connectivity index (χ1n) is 7.29. The van der Waals surface area contributed by atoms with Crippen molar-refractivity contribution in [3.8, 4) is 0 Å². The summed E-state index contributed by atoms with van der Waals surface area (Å²) in [4.78, 5) is 12.6. The fourth-order valence-electron chi connectivity index (χ4n) is 3.49. The van der Waals surface area contributed by atoms with Crippen LogP contribution in [0.2, 0.25) is 0 Å². The molecule has 0 fully saturated rings. The van der Waals surface area contributed by atoms with Gasteiger partial charge >= 0.3 is 0 Å². The topological polar surface area (TPSA) is 17.1 Å². The number of ketones is 1. The van der Waals surface area contributed by atoms with Crippen LogP contribution in [0.1, 0.15) is 47.2 Å². The van der Waals surface area contributed by atoms with Crippen LogP contribution in [-0.2, 0) is 0 Å². The summed E-state index contributed by atoms with van der Waals surface area (Å²) < 4.78 is 0. The fourth-order valence-corrected chi connectivity index (χ4v) is 3.49. The minimum absolute atomic E-state index is 0.227. The molecular weight excluding hydrogens is 244 g/mol. The molecule has 0 heterocycles. The molecule has 4 rings (SSSR count). The molecule has 2 aromatic rings. The molecule has 1 atom stereocenters. The maximum atomic E-state index is 12.6. The Morgan fingerprint density at radius 2 is 2.05 bits per heavy atom. The lowest BCUT2D eigenvalue weighted by Gasteiger charge is -2.27. The molecule has 0 saturated carbocycles. The molecule has 2 aromatic carbocycles. The Bertz CT molecular complexity index is 793. The van der Waals surface area contributed by atoms with Crippen LogP contribution in [0.25, 0.3) is 16.8 Å². The zero-order valence-corrected chi connectivity index (χ0v) is 11.5. The van der Waals surface area contributed by atoms with E-state index in [4.69, 9.17) is 0 Å². The van der Waals surface area contributed by atoms with Gasteiger partial charge in [-0.3, -0.25) is 4.79 Å². The third-order valence-corrected chi connectivity index (χ3v) is 4.37. The normalized spacial score (nSPS) is 19.4. The van der Waals surface area contributed by atoms with E-state index in [9.17, 15) is 4.79 Å². The van der Waals surface area contributed by atoms with Crippen LogP contribution in [0.5, 0.6) is 0 Å². The summed E-state index contributed by atoms with van der Waals surface area (Å²) in [5, 5.41) is 2.49. The maximum Gasteiger partial charge on any atom is 0.189 e. The Kier molecular flexibility index (Phi) is 2.43. The monoisotopic (exact) mass is 260 g/mol. The van der Waals surface area contributed by atoms with Crippen LogP contribution >= 0.6 is 0 Å². The van der Waals surface area contributed by atoms with E-state index in [1.165, 1.54) is 21.9 Å². The van der Waals surface area contributed by atoms with Gasteiger partial charge in [-0.1, -0.05) is 61.9 Å². The number of Topliss-reactive ketones (excluding diaryl/α,β-unsaturated/α-hetero) is 1. The van der Waals surface area contributed by atoms with Gasteiger partial charge in [-0.15, -0.1) is 0 Å². The van der Waals surface area contributed by atoms with Gasteiger partial charge in [0.1, 0.15) is 0 Å². The number of carbonyl (C=O) groups excluding carboxylic acids is 1. The van der Waals surface area contributed by atoms with Crippen LogP contribution in [0.3, 0.4) is 0 Å². The van der Waals surface area contributed by atoms with E-state index in [2.05, 4.69) is 49.4 Å². The van der Waals surface area contributed by atoms with Crippen LogP contribution in [-0.4, -0.2) is 5.78 Å². The number of rotatable bonds is 2. The maximum absolute atomic E-state index is 12.6. The van der Waals surface area contributed by atoms with Gasteiger partial charge < -0.3 is 0 Å². The standard InChI is InChI=1S/C19H16O/c1-2-4-15-11-14-8-7-12-5-3-6-13-9-10-16(19(15)20)18(14)17(12)13/h3,5-11,14H,2,4H2,1H3. The molecule has 2 aliphatic rings. The molecule has 0 amide bonds. The molecule has 0 aliphatic heterocycles. The van der Waals surface area contributed by atoms with Crippen LogP contribution in [0.4, 0.5) is 0 Å². The van der Waals surface area contributed by atoms with E-state index in [-0.39, 0.29) is 11.7 Å². The van der Waals surface area contributed by atoms with E-state index in [0.29, 0.717) is 0 Å². The lowest BCUT2D eigenvalue weighted by atomic mass is 9.76. The first kappa shape index (κ1) is 11.7. The van der Waals surface area contributed by atoms with E-state index in [1.54, 1.807) is 0 Å². The van der Waals surface area contributed by atoms with Gasteiger partial charge in [0.25, 0.3) is 0 Å². The van der Waals surface area contributed by atoms with E-state index in [1.807, 2.05) is 6.07 Å². The van der Waals surface area contributed by atoms with Crippen LogP contribution < -0.4 is 0 Å². The van der Waals surface area contributed by atoms with Crippen molar-refractivity contribution in [2.75, 3.05) is 0 Å². The second-order valence-electron chi connectivity index (χ2n) is 5.63. The molecule has 2 aliphatic carbocycles. The highest BCUT2D eigenvalue weighted by Crippen LogP contribution is 2.42. The predicted molar refractivity (Wildman–Crippen MR) is 83.0 cm³/mol. The SMILES string of the molecule is CCCC1=CC2C=Cc3cccc4ccc(c2c34)C1=O. The second-order valence-corrected chi connectivity index (χ2v) is 5.63. The molecular formula is C19H16O. The van der Waals surface area contributed by atoms with Gasteiger partial charge in [0.15, 0.2) is 5.78 Å². The zero-order chi connectivity index (χ0) is 13.7. The largest absolute Gasteiger partial charge is 0.289 e. The quantitative estimate of drug-likeness (QED) is 0.752. The smallest absolute Gasteiger partial charge is 0.189 e. The first-order chi connectivity index (χ1) is 9.79. The van der Waals surface area contributed by atoms with Crippen molar-refractivity contribution in [3.05, 3.63) is 64.7 Å². The zero-order valence-electron chi connectivity index (χ0n) is 11.5. The summed E-state index contributed by atoms with van der Waals surface area (Å²) in [6, 6.07) is 10.4. The highest BCUT2D eigenvalue weighted by Gasteiger charge is 2.28. The first-order valence-corrected chi connectivity index (χ1v) is 7.29. The average molecular weight is 260 g/mol. The fraction of sp³-hybridized carbons (Fsp3) is 0.211. The van der Waals surface area contributed by atoms with Gasteiger partial charge in [0.05, 0.1) is 0 Å². The Balaban J connectivity index is 2.04. The third kappa shape index (κ3) is 1.46. The number of hydrogen-bond acceptors (Lipinski definition) is 1. The highest BCUT2D eigenvalue weighted by molar-refractivity contribution is 6.15. The minimum Gasteiger partial charge on any atom is -0.289 e. The number of carbonyl (C=O) groups is 1. The lowest BCUT2D eigenvalue weighted by molar-refractivity contribution is 0.102. The van der Waals surface area contributed by atoms with Gasteiger partial charge in [0, 0.05) is 11.5 Å². The van der Waals surface area contributed by atoms with Crippen molar-refractivity contribution >= 4 is 22.6 Å². The molecule has 0 spiro atoms. The van der Waals surface area contributed by atoms with Crippen molar-refractivity contribution in [3.63, 3.8) is 0 Å². The molecule has 1 heteroatoms. The summed E-state index contributed by atoms with van der Waals surface area (Å²) in [7, 11) is 0. The molecule has 20 heavy (non-hydrogen) atoms. The number of hydrogen-bond donors (Lipinski definition) is 0. The van der Waals surface area contributed by atoms with Gasteiger partial charge in [-0.2, -0.15) is 0 Å². The van der Waals surface area contributed by atoms with E-state index >= 15 is 0 Å². The van der Waals surface area contributed by atoms with E-state index < -0.39 is 0 Å². The van der Waals surface area contributed by atoms with E-state index in [0.717, 1.165) is 24.0 Å². The van der Waals surface area contributed by atoms with Crippen molar-refractivity contribution in [1.29, 1.82) is 0 Å². The molecule has 0 saturated heterocycles. The molecule has 0 aromatic heterocycles. The van der Waals surface area contributed by atoms with Gasteiger partial charge in [0.2, 0.25) is 0 Å². The third-order valence-electron chi connectivity index (χ3n) is 4.37.